The second-order valence-corrected chi connectivity index (χ2v) is 10.9. The summed E-state index contributed by atoms with van der Waals surface area (Å²) in [6.07, 6.45) is -0.806. The molecule has 0 aromatic heterocycles. The van der Waals surface area contributed by atoms with Gasteiger partial charge in [0, 0.05) is 36.7 Å². The number of carbonyl (C=O) groups excluding carboxylic acids is 1. The number of benzene rings is 2. The topological polar surface area (TPSA) is 73.2 Å². The Morgan fingerprint density at radius 2 is 2.00 bits per heavy atom. The first-order chi connectivity index (χ1) is 18.5. The lowest BCUT2D eigenvalue weighted by Crippen LogP contribution is -2.81. The fourth-order valence-corrected chi connectivity index (χ4v) is 7.61. The summed E-state index contributed by atoms with van der Waals surface area (Å²) in [5.74, 6) is 5.19. The lowest BCUT2D eigenvalue weighted by molar-refractivity contribution is -0.215. The maximum Gasteiger partial charge on any atom is 0.416 e. The molecule has 6 rings (SSSR count). The number of aliphatic hydroxyl groups is 1. The van der Waals surface area contributed by atoms with Crippen LogP contribution in [0.5, 0.6) is 11.5 Å². The zero-order chi connectivity index (χ0) is 27.7. The van der Waals surface area contributed by atoms with Crippen LogP contribution < -0.4 is 4.74 Å². The maximum absolute atomic E-state index is 13.3. The van der Waals surface area contributed by atoms with Crippen LogP contribution in [-0.4, -0.2) is 69.8 Å². The number of piperidine rings is 1. The smallest absolute Gasteiger partial charge is 0.416 e. The number of hydrogen-bond donors (Lipinski definition) is 2. The van der Waals surface area contributed by atoms with Crippen molar-refractivity contribution in [2.24, 2.45) is 0 Å². The normalized spacial score (nSPS) is 30.4. The lowest BCUT2D eigenvalue weighted by atomic mass is 9.47. The number of phenols is 1. The molecule has 204 valence electrons. The van der Waals surface area contributed by atoms with Gasteiger partial charge in [0.15, 0.2) is 11.5 Å². The van der Waals surface area contributed by atoms with Crippen molar-refractivity contribution in [1.82, 2.24) is 9.80 Å². The van der Waals surface area contributed by atoms with Crippen LogP contribution in [0.25, 0.3) is 0 Å². The minimum Gasteiger partial charge on any atom is -0.504 e. The molecule has 2 aliphatic heterocycles. The van der Waals surface area contributed by atoms with E-state index in [4.69, 9.17) is 4.74 Å². The van der Waals surface area contributed by atoms with Crippen LogP contribution in [0.2, 0.25) is 0 Å². The third-order valence-electron chi connectivity index (χ3n) is 9.24. The van der Waals surface area contributed by atoms with Gasteiger partial charge < -0.3 is 19.8 Å². The van der Waals surface area contributed by atoms with Crippen molar-refractivity contribution in [1.29, 1.82) is 0 Å². The van der Waals surface area contributed by atoms with Crippen LogP contribution in [0.4, 0.5) is 13.2 Å². The molecule has 2 heterocycles. The predicted molar refractivity (Wildman–Crippen MR) is 137 cm³/mol. The number of amides is 1. The van der Waals surface area contributed by atoms with E-state index < -0.39 is 34.7 Å². The van der Waals surface area contributed by atoms with Crippen LogP contribution in [0.15, 0.2) is 49.1 Å². The Labute approximate surface area is 224 Å². The Balaban J connectivity index is 1.37. The van der Waals surface area contributed by atoms with Gasteiger partial charge in [0.25, 0.3) is 5.91 Å². The molecule has 6 nitrogen and oxygen atoms in total. The molecule has 39 heavy (non-hydrogen) atoms. The number of hydrogen-bond acceptors (Lipinski definition) is 5. The highest BCUT2D eigenvalue weighted by molar-refractivity contribution is 5.94. The SMILES string of the molecule is C=CCN1CC[C@]23c4c5ccc(O)c4O[C@H]2CC[C@H](N(C)C(=O)C#Cc2ccc(C(F)(F)F)cc2)[C@@]3(O)[C@H]1C5. The Kier molecular flexibility index (Phi) is 5.79. The second-order valence-electron chi connectivity index (χ2n) is 10.9. The summed E-state index contributed by atoms with van der Waals surface area (Å²) in [5.41, 5.74) is -0.793. The summed E-state index contributed by atoms with van der Waals surface area (Å²) >= 11 is 0. The minimum atomic E-state index is -4.45. The maximum atomic E-state index is 13.3. The van der Waals surface area contributed by atoms with E-state index in [0.717, 1.165) is 23.3 Å². The van der Waals surface area contributed by atoms with Gasteiger partial charge in [-0.15, -0.1) is 6.58 Å². The molecular weight excluding hydrogens is 509 g/mol. The monoisotopic (exact) mass is 538 g/mol. The van der Waals surface area contributed by atoms with Gasteiger partial charge in [0.05, 0.1) is 17.0 Å². The van der Waals surface area contributed by atoms with Gasteiger partial charge in [-0.1, -0.05) is 18.1 Å². The molecule has 0 unspecified atom stereocenters. The van der Waals surface area contributed by atoms with Crippen molar-refractivity contribution in [3.8, 4) is 23.3 Å². The van der Waals surface area contributed by atoms with Gasteiger partial charge in [-0.2, -0.15) is 13.2 Å². The zero-order valence-corrected chi connectivity index (χ0v) is 21.5. The Hall–Kier alpha value is -3.48. The van der Waals surface area contributed by atoms with E-state index in [1.165, 1.54) is 17.0 Å². The largest absolute Gasteiger partial charge is 0.504 e. The Morgan fingerprint density at radius 3 is 2.69 bits per heavy atom. The number of alkyl halides is 3. The molecule has 9 heteroatoms. The standard InChI is InChI=1S/C30H29F3N2O4/c1-3-15-35-16-14-28-24-12-11-22(29(28,38)23(35)17-19-7-10-21(36)27(39-24)26(19)28)34(2)25(37)13-6-18-4-8-20(9-5-18)30(31,32)33/h3-5,7-10,22-24,36,38H,1,11-12,14-17H2,2H3/t22-,23+,24-,28+,29+/m0/s1. The van der Waals surface area contributed by atoms with Crippen molar-refractivity contribution in [3.05, 3.63) is 71.3 Å². The average Bonchev–Trinajstić information content (AvgIpc) is 3.24. The Morgan fingerprint density at radius 1 is 1.26 bits per heavy atom. The quantitative estimate of drug-likeness (QED) is 0.462. The molecule has 1 saturated carbocycles. The van der Waals surface area contributed by atoms with E-state index in [2.05, 4.69) is 23.3 Å². The molecular formula is C30H29F3N2O4. The van der Waals surface area contributed by atoms with E-state index >= 15 is 0 Å². The van der Waals surface area contributed by atoms with Gasteiger partial charge in [-0.3, -0.25) is 9.69 Å². The van der Waals surface area contributed by atoms with Crippen LogP contribution in [0.3, 0.4) is 0 Å². The molecule has 2 fully saturated rings. The van der Waals surface area contributed by atoms with E-state index in [1.807, 2.05) is 12.1 Å². The van der Waals surface area contributed by atoms with Crippen molar-refractivity contribution in [3.63, 3.8) is 0 Å². The molecule has 2 aliphatic carbocycles. The summed E-state index contributed by atoms with van der Waals surface area (Å²) in [7, 11) is 1.62. The molecule has 2 bridgehead atoms. The average molecular weight is 539 g/mol. The third-order valence-corrected chi connectivity index (χ3v) is 9.24. The van der Waals surface area contributed by atoms with Gasteiger partial charge in [-0.05, 0) is 68.1 Å². The summed E-state index contributed by atoms with van der Waals surface area (Å²) in [6, 6.07) is 6.98. The molecule has 2 aromatic rings. The number of ether oxygens (including phenoxy) is 1. The van der Waals surface area contributed by atoms with E-state index in [9.17, 15) is 28.2 Å². The van der Waals surface area contributed by atoms with Crippen LogP contribution in [0.1, 0.15) is 41.5 Å². The molecule has 2 aromatic carbocycles. The third kappa shape index (κ3) is 3.54. The van der Waals surface area contributed by atoms with Crippen LogP contribution in [0, 0.1) is 11.8 Å². The van der Waals surface area contributed by atoms with Crippen molar-refractivity contribution < 1.29 is 32.9 Å². The zero-order valence-electron chi connectivity index (χ0n) is 21.5. The molecule has 2 N–H and O–H groups in total. The number of likely N-dealkylation sites (tertiary alicyclic amines) is 1. The highest BCUT2D eigenvalue weighted by atomic mass is 19.4. The fourth-order valence-electron chi connectivity index (χ4n) is 7.61. The number of aromatic hydroxyl groups is 1. The van der Waals surface area contributed by atoms with Crippen molar-refractivity contribution in [2.45, 2.75) is 61.1 Å². The number of carbonyl (C=O) groups is 1. The Bertz CT molecular complexity index is 1410. The molecule has 1 saturated heterocycles. The number of phenolic OH excluding ortho intramolecular Hbond substituents is 1. The molecule has 0 radical (unpaired) electrons. The highest BCUT2D eigenvalue weighted by Crippen LogP contribution is 2.65. The molecule has 5 atom stereocenters. The molecule has 4 aliphatic rings. The summed E-state index contributed by atoms with van der Waals surface area (Å²) in [4.78, 5) is 17.0. The number of nitrogens with zero attached hydrogens (tertiary/aromatic N) is 2. The second kappa shape index (κ2) is 8.77. The lowest BCUT2D eigenvalue weighted by Gasteiger charge is -2.66. The molecule has 1 spiro atoms. The van der Waals surface area contributed by atoms with Crippen LogP contribution >= 0.6 is 0 Å². The van der Waals surface area contributed by atoms with E-state index in [-0.39, 0.29) is 23.5 Å². The number of halogens is 3. The summed E-state index contributed by atoms with van der Waals surface area (Å²) in [6.45, 7) is 5.18. The first-order valence-electron chi connectivity index (χ1n) is 13.1. The van der Waals surface area contributed by atoms with Gasteiger partial charge >= 0.3 is 6.18 Å². The minimum absolute atomic E-state index is 0.0511. The first kappa shape index (κ1) is 25.8. The number of likely N-dealkylation sites (N-methyl/N-ethyl adjacent to an activating group) is 1. The highest BCUT2D eigenvalue weighted by Gasteiger charge is 2.74. The van der Waals surface area contributed by atoms with Crippen molar-refractivity contribution in [2.75, 3.05) is 20.1 Å². The van der Waals surface area contributed by atoms with Crippen LogP contribution in [-0.2, 0) is 22.8 Å². The number of rotatable bonds is 3. The summed E-state index contributed by atoms with van der Waals surface area (Å²) < 4.78 is 45.0. The first-order valence-corrected chi connectivity index (χ1v) is 13.1. The van der Waals surface area contributed by atoms with Gasteiger partial charge in [0.1, 0.15) is 11.7 Å². The fraction of sp³-hybridized carbons (Fsp3) is 0.433. The van der Waals surface area contributed by atoms with Gasteiger partial charge in [0.2, 0.25) is 0 Å². The van der Waals surface area contributed by atoms with E-state index in [0.29, 0.717) is 44.5 Å². The summed E-state index contributed by atoms with van der Waals surface area (Å²) in [5, 5.41) is 23.5. The molecule has 1 amide bonds. The van der Waals surface area contributed by atoms with E-state index in [1.54, 1.807) is 13.1 Å². The van der Waals surface area contributed by atoms with Crippen molar-refractivity contribution >= 4 is 5.91 Å². The predicted octanol–water partition coefficient (Wildman–Crippen LogP) is 3.63. The van der Waals surface area contributed by atoms with Gasteiger partial charge in [-0.25, -0.2) is 0 Å².